The molecule has 4 nitrogen and oxygen atoms in total. The summed E-state index contributed by atoms with van der Waals surface area (Å²) in [7, 11) is 0. The Morgan fingerprint density at radius 2 is 1.65 bits per heavy atom. The zero-order chi connectivity index (χ0) is 18.8. The molecule has 0 saturated carbocycles. The Labute approximate surface area is 156 Å². The van der Waals surface area contributed by atoms with Gasteiger partial charge in [0.15, 0.2) is 11.5 Å². The second kappa shape index (κ2) is 10.5. The van der Waals surface area contributed by atoms with E-state index in [9.17, 15) is 4.79 Å². The lowest BCUT2D eigenvalue weighted by atomic mass is 10.0. The summed E-state index contributed by atoms with van der Waals surface area (Å²) in [5.41, 5.74) is 2.21. The highest BCUT2D eigenvalue weighted by molar-refractivity contribution is 5.76. The summed E-state index contributed by atoms with van der Waals surface area (Å²) in [4.78, 5) is 12.4. The normalized spacial score (nSPS) is 11.7. The van der Waals surface area contributed by atoms with Gasteiger partial charge in [-0.05, 0) is 49.9 Å². The summed E-state index contributed by atoms with van der Waals surface area (Å²) in [5.74, 6) is 1.55. The third kappa shape index (κ3) is 5.80. The van der Waals surface area contributed by atoms with E-state index in [1.54, 1.807) is 0 Å². The fourth-order valence-electron chi connectivity index (χ4n) is 2.88. The molecule has 1 N–H and O–H groups in total. The molecule has 0 heterocycles. The van der Waals surface area contributed by atoms with Gasteiger partial charge in [-0.15, -0.1) is 0 Å². The highest BCUT2D eigenvalue weighted by atomic mass is 16.5. The first-order valence-corrected chi connectivity index (χ1v) is 9.40. The van der Waals surface area contributed by atoms with Gasteiger partial charge in [0.25, 0.3) is 0 Å². The minimum Gasteiger partial charge on any atom is -0.490 e. The molecule has 0 fully saturated rings. The zero-order valence-corrected chi connectivity index (χ0v) is 16.0. The number of hydrogen-bond donors (Lipinski definition) is 1. The Balaban J connectivity index is 1.95. The smallest absolute Gasteiger partial charge is 0.220 e. The molecule has 0 spiro atoms. The van der Waals surface area contributed by atoms with E-state index in [1.807, 2.05) is 50.2 Å². The minimum absolute atomic E-state index is 0.0583. The predicted octanol–water partition coefficient (Wildman–Crippen LogP) is 4.68. The van der Waals surface area contributed by atoms with E-state index in [4.69, 9.17) is 9.47 Å². The third-order valence-electron chi connectivity index (χ3n) is 4.19. The van der Waals surface area contributed by atoms with Gasteiger partial charge in [-0.25, -0.2) is 0 Å². The molecular formula is C22H29NO3. The van der Waals surface area contributed by atoms with Crippen molar-refractivity contribution in [1.29, 1.82) is 0 Å². The van der Waals surface area contributed by atoms with Gasteiger partial charge in [-0.1, -0.05) is 43.3 Å². The number of rotatable bonds is 10. The minimum atomic E-state index is 0.0583. The van der Waals surface area contributed by atoms with E-state index in [-0.39, 0.29) is 11.9 Å². The molecule has 4 heteroatoms. The van der Waals surface area contributed by atoms with Crippen molar-refractivity contribution < 1.29 is 14.3 Å². The van der Waals surface area contributed by atoms with Gasteiger partial charge in [-0.3, -0.25) is 4.79 Å². The van der Waals surface area contributed by atoms with Crippen LogP contribution in [0.25, 0.3) is 0 Å². The number of nitrogens with one attached hydrogen (secondary N) is 1. The van der Waals surface area contributed by atoms with Crippen LogP contribution in [0.2, 0.25) is 0 Å². The van der Waals surface area contributed by atoms with Crippen molar-refractivity contribution in [2.45, 2.75) is 46.1 Å². The number of benzene rings is 2. The SMILES string of the molecule is CCOc1ccc(CCC(=O)NC(CC)c2ccccc2)cc1OCC. The van der Waals surface area contributed by atoms with E-state index in [0.29, 0.717) is 26.1 Å². The first-order valence-electron chi connectivity index (χ1n) is 9.40. The van der Waals surface area contributed by atoms with Gasteiger partial charge in [0.05, 0.1) is 19.3 Å². The van der Waals surface area contributed by atoms with Gasteiger partial charge < -0.3 is 14.8 Å². The molecular weight excluding hydrogens is 326 g/mol. The number of ether oxygens (including phenoxy) is 2. The Morgan fingerprint density at radius 3 is 2.31 bits per heavy atom. The molecule has 2 rings (SSSR count). The second-order valence-electron chi connectivity index (χ2n) is 6.09. The molecule has 0 aliphatic carbocycles. The zero-order valence-electron chi connectivity index (χ0n) is 16.0. The van der Waals surface area contributed by atoms with E-state index in [0.717, 1.165) is 29.0 Å². The van der Waals surface area contributed by atoms with Crippen LogP contribution < -0.4 is 14.8 Å². The third-order valence-corrected chi connectivity index (χ3v) is 4.19. The van der Waals surface area contributed by atoms with Crippen LogP contribution in [-0.4, -0.2) is 19.1 Å². The Morgan fingerprint density at radius 1 is 0.962 bits per heavy atom. The summed E-state index contributed by atoms with van der Waals surface area (Å²) in [6, 6.07) is 16.0. The molecule has 0 saturated heterocycles. The summed E-state index contributed by atoms with van der Waals surface area (Å²) >= 11 is 0. The first kappa shape index (κ1) is 19.8. The van der Waals surface area contributed by atoms with E-state index < -0.39 is 0 Å². The fourth-order valence-corrected chi connectivity index (χ4v) is 2.88. The van der Waals surface area contributed by atoms with Crippen molar-refractivity contribution in [3.63, 3.8) is 0 Å². The number of hydrogen-bond acceptors (Lipinski definition) is 3. The molecule has 0 bridgehead atoms. The summed E-state index contributed by atoms with van der Waals surface area (Å²) in [6.45, 7) is 7.16. The largest absolute Gasteiger partial charge is 0.490 e. The van der Waals surface area contributed by atoms with Gasteiger partial charge in [0.1, 0.15) is 0 Å². The number of amides is 1. The van der Waals surface area contributed by atoms with Crippen LogP contribution in [0.15, 0.2) is 48.5 Å². The van der Waals surface area contributed by atoms with Gasteiger partial charge in [0.2, 0.25) is 5.91 Å². The lowest BCUT2D eigenvalue weighted by molar-refractivity contribution is -0.121. The lowest BCUT2D eigenvalue weighted by Gasteiger charge is -2.17. The van der Waals surface area contributed by atoms with Crippen molar-refractivity contribution in [1.82, 2.24) is 5.32 Å². The van der Waals surface area contributed by atoms with Crippen LogP contribution in [0, 0.1) is 0 Å². The predicted molar refractivity (Wildman–Crippen MR) is 105 cm³/mol. The molecule has 2 aromatic carbocycles. The number of carbonyl (C=O) groups is 1. The highest BCUT2D eigenvalue weighted by Crippen LogP contribution is 2.29. The van der Waals surface area contributed by atoms with Crippen molar-refractivity contribution >= 4 is 5.91 Å². The maximum Gasteiger partial charge on any atom is 0.220 e. The van der Waals surface area contributed by atoms with Crippen LogP contribution in [0.5, 0.6) is 11.5 Å². The molecule has 2 aromatic rings. The van der Waals surface area contributed by atoms with Gasteiger partial charge in [-0.2, -0.15) is 0 Å². The van der Waals surface area contributed by atoms with E-state index in [2.05, 4.69) is 24.4 Å². The van der Waals surface area contributed by atoms with E-state index >= 15 is 0 Å². The van der Waals surface area contributed by atoms with Crippen LogP contribution in [0.4, 0.5) is 0 Å². The standard InChI is InChI=1S/C22H29NO3/c1-4-19(18-10-8-7-9-11-18)23-22(24)15-13-17-12-14-20(25-5-2)21(16-17)26-6-3/h7-12,14,16,19H,4-6,13,15H2,1-3H3,(H,23,24). The molecule has 0 aliphatic rings. The van der Waals surface area contributed by atoms with Crippen LogP contribution in [0.1, 0.15) is 50.8 Å². The van der Waals surface area contributed by atoms with Gasteiger partial charge in [0, 0.05) is 6.42 Å². The average molecular weight is 355 g/mol. The van der Waals surface area contributed by atoms with Crippen molar-refractivity contribution in [3.8, 4) is 11.5 Å². The molecule has 0 radical (unpaired) electrons. The monoisotopic (exact) mass is 355 g/mol. The number of carbonyl (C=O) groups excluding carboxylic acids is 1. The topological polar surface area (TPSA) is 47.6 Å². The Kier molecular flexibility index (Phi) is 8.00. The lowest BCUT2D eigenvalue weighted by Crippen LogP contribution is -2.28. The van der Waals surface area contributed by atoms with Crippen molar-refractivity contribution in [3.05, 3.63) is 59.7 Å². The second-order valence-corrected chi connectivity index (χ2v) is 6.09. The molecule has 0 aliphatic heterocycles. The van der Waals surface area contributed by atoms with Crippen LogP contribution in [-0.2, 0) is 11.2 Å². The molecule has 1 unspecified atom stereocenters. The fraction of sp³-hybridized carbons (Fsp3) is 0.409. The quantitative estimate of drug-likeness (QED) is 0.673. The molecule has 1 atom stereocenters. The summed E-state index contributed by atoms with van der Waals surface area (Å²) in [5, 5.41) is 3.13. The molecule has 0 aromatic heterocycles. The first-order chi connectivity index (χ1) is 12.7. The summed E-state index contributed by atoms with van der Waals surface area (Å²) < 4.78 is 11.2. The van der Waals surface area contributed by atoms with Gasteiger partial charge >= 0.3 is 0 Å². The maximum absolute atomic E-state index is 12.4. The molecule has 26 heavy (non-hydrogen) atoms. The highest BCUT2D eigenvalue weighted by Gasteiger charge is 2.13. The van der Waals surface area contributed by atoms with Crippen LogP contribution >= 0.6 is 0 Å². The molecule has 140 valence electrons. The molecule has 1 amide bonds. The average Bonchev–Trinajstić information content (AvgIpc) is 2.67. The Hall–Kier alpha value is -2.49. The van der Waals surface area contributed by atoms with E-state index in [1.165, 1.54) is 0 Å². The summed E-state index contributed by atoms with van der Waals surface area (Å²) in [6.07, 6.45) is 1.99. The Bertz CT molecular complexity index is 685. The maximum atomic E-state index is 12.4. The van der Waals surface area contributed by atoms with Crippen molar-refractivity contribution in [2.75, 3.05) is 13.2 Å². The van der Waals surface area contributed by atoms with Crippen molar-refractivity contribution in [2.24, 2.45) is 0 Å². The number of aryl methyl sites for hydroxylation is 1. The van der Waals surface area contributed by atoms with Crippen LogP contribution in [0.3, 0.4) is 0 Å².